The summed E-state index contributed by atoms with van der Waals surface area (Å²) in [6.45, 7) is 3.18. The zero-order valence-corrected chi connectivity index (χ0v) is 12.4. The van der Waals surface area contributed by atoms with Gasteiger partial charge in [0.1, 0.15) is 11.8 Å². The highest BCUT2D eigenvalue weighted by Gasteiger charge is 2.33. The third kappa shape index (κ3) is 3.06. The van der Waals surface area contributed by atoms with Crippen LogP contribution in [0.5, 0.6) is 5.75 Å². The Hall–Kier alpha value is -1.30. The molecule has 0 aromatic heterocycles. The van der Waals surface area contributed by atoms with Crippen LogP contribution in [0.25, 0.3) is 0 Å². The van der Waals surface area contributed by atoms with Gasteiger partial charge in [0.25, 0.3) is 0 Å². The molecule has 5 nitrogen and oxygen atoms in total. The monoisotopic (exact) mass is 298 g/mol. The molecular formula is C14H19ClN2O3. The number of esters is 1. The number of rotatable bonds is 4. The van der Waals surface area contributed by atoms with E-state index in [0.717, 1.165) is 26.2 Å². The lowest BCUT2D eigenvalue weighted by atomic mass is 10.0. The fourth-order valence-corrected chi connectivity index (χ4v) is 2.73. The molecule has 0 radical (unpaired) electrons. The molecule has 1 aliphatic heterocycles. The second kappa shape index (κ2) is 6.92. The summed E-state index contributed by atoms with van der Waals surface area (Å²) >= 11 is 6.29. The Morgan fingerprint density at radius 1 is 1.35 bits per heavy atom. The number of ether oxygens (including phenoxy) is 2. The fourth-order valence-electron chi connectivity index (χ4n) is 2.46. The second-order valence-corrected chi connectivity index (χ2v) is 4.97. The first-order chi connectivity index (χ1) is 9.69. The predicted molar refractivity (Wildman–Crippen MR) is 77.2 cm³/mol. The number of benzene rings is 1. The molecule has 20 heavy (non-hydrogen) atoms. The molecule has 1 fully saturated rings. The predicted octanol–water partition coefficient (Wildman–Crippen LogP) is 1.47. The average Bonchev–Trinajstić information content (AvgIpc) is 2.50. The second-order valence-electron chi connectivity index (χ2n) is 4.57. The van der Waals surface area contributed by atoms with Crippen LogP contribution in [0.15, 0.2) is 18.2 Å². The third-order valence-corrected chi connectivity index (χ3v) is 3.78. The summed E-state index contributed by atoms with van der Waals surface area (Å²) in [5, 5.41) is 3.78. The van der Waals surface area contributed by atoms with E-state index in [1.165, 1.54) is 7.11 Å². The van der Waals surface area contributed by atoms with E-state index in [0.29, 0.717) is 16.3 Å². The SMILES string of the molecule is COC(=O)C(c1c(Cl)cccc1OC)N1CCNCC1. The lowest BCUT2D eigenvalue weighted by molar-refractivity contribution is -0.147. The van der Waals surface area contributed by atoms with Crippen molar-refractivity contribution in [3.8, 4) is 5.75 Å². The van der Waals surface area contributed by atoms with Gasteiger partial charge < -0.3 is 14.8 Å². The minimum atomic E-state index is -0.536. The molecule has 1 heterocycles. The molecule has 0 saturated carbocycles. The van der Waals surface area contributed by atoms with Gasteiger partial charge in [0.15, 0.2) is 0 Å². The van der Waals surface area contributed by atoms with Gasteiger partial charge in [-0.25, -0.2) is 4.79 Å². The van der Waals surface area contributed by atoms with Crippen molar-refractivity contribution in [2.24, 2.45) is 0 Å². The van der Waals surface area contributed by atoms with Gasteiger partial charge in [0, 0.05) is 36.8 Å². The van der Waals surface area contributed by atoms with Crippen molar-refractivity contribution in [3.05, 3.63) is 28.8 Å². The number of piperazine rings is 1. The van der Waals surface area contributed by atoms with Gasteiger partial charge in [-0.1, -0.05) is 17.7 Å². The summed E-state index contributed by atoms with van der Waals surface area (Å²) in [5.74, 6) is 0.282. The molecule has 1 aromatic carbocycles. The van der Waals surface area contributed by atoms with Crippen LogP contribution in [0.3, 0.4) is 0 Å². The molecule has 0 bridgehead atoms. The molecule has 0 spiro atoms. The minimum absolute atomic E-state index is 0.321. The Morgan fingerprint density at radius 3 is 2.65 bits per heavy atom. The van der Waals surface area contributed by atoms with Gasteiger partial charge in [0.05, 0.1) is 14.2 Å². The molecule has 6 heteroatoms. The Bertz CT molecular complexity index is 475. The molecule has 1 unspecified atom stereocenters. The molecule has 2 rings (SSSR count). The van der Waals surface area contributed by atoms with Crippen LogP contribution in [0.2, 0.25) is 5.02 Å². The maximum absolute atomic E-state index is 12.2. The van der Waals surface area contributed by atoms with E-state index in [9.17, 15) is 4.79 Å². The summed E-state index contributed by atoms with van der Waals surface area (Å²) in [6, 6.07) is 4.83. The smallest absolute Gasteiger partial charge is 0.327 e. The first-order valence-corrected chi connectivity index (χ1v) is 6.91. The number of carbonyl (C=O) groups is 1. The standard InChI is InChI=1S/C14H19ClN2O3/c1-19-11-5-3-4-10(15)12(11)13(14(18)20-2)17-8-6-16-7-9-17/h3-5,13,16H,6-9H2,1-2H3. The first-order valence-electron chi connectivity index (χ1n) is 6.54. The van der Waals surface area contributed by atoms with Crippen LogP contribution < -0.4 is 10.1 Å². The van der Waals surface area contributed by atoms with E-state index in [1.54, 1.807) is 25.3 Å². The molecular weight excluding hydrogens is 280 g/mol. The number of nitrogens with one attached hydrogen (secondary N) is 1. The number of carbonyl (C=O) groups excluding carboxylic acids is 1. The number of halogens is 1. The zero-order valence-electron chi connectivity index (χ0n) is 11.7. The van der Waals surface area contributed by atoms with Crippen LogP contribution in [-0.4, -0.2) is 51.3 Å². The van der Waals surface area contributed by atoms with E-state index < -0.39 is 6.04 Å². The topological polar surface area (TPSA) is 50.8 Å². The Labute approximate surface area is 123 Å². The Kier molecular flexibility index (Phi) is 5.23. The lowest BCUT2D eigenvalue weighted by Gasteiger charge is -2.34. The highest BCUT2D eigenvalue weighted by molar-refractivity contribution is 6.31. The minimum Gasteiger partial charge on any atom is -0.496 e. The summed E-state index contributed by atoms with van der Waals surface area (Å²) in [7, 11) is 2.96. The third-order valence-electron chi connectivity index (χ3n) is 3.45. The van der Waals surface area contributed by atoms with E-state index in [1.807, 2.05) is 0 Å². The number of nitrogens with zero attached hydrogens (tertiary/aromatic N) is 1. The highest BCUT2D eigenvalue weighted by Crippen LogP contribution is 2.36. The summed E-state index contributed by atoms with van der Waals surface area (Å²) < 4.78 is 10.3. The van der Waals surface area contributed by atoms with E-state index >= 15 is 0 Å². The molecule has 1 N–H and O–H groups in total. The van der Waals surface area contributed by atoms with E-state index in [-0.39, 0.29) is 5.97 Å². The van der Waals surface area contributed by atoms with Gasteiger partial charge in [-0.3, -0.25) is 4.90 Å². The maximum Gasteiger partial charge on any atom is 0.327 e. The average molecular weight is 299 g/mol. The van der Waals surface area contributed by atoms with Gasteiger partial charge in [-0.05, 0) is 12.1 Å². The van der Waals surface area contributed by atoms with Crippen LogP contribution in [0, 0.1) is 0 Å². The number of hydrogen-bond donors (Lipinski definition) is 1. The van der Waals surface area contributed by atoms with Crippen LogP contribution >= 0.6 is 11.6 Å². The highest BCUT2D eigenvalue weighted by atomic mass is 35.5. The molecule has 0 amide bonds. The molecule has 110 valence electrons. The summed E-state index contributed by atoms with van der Waals surface area (Å²) in [5.41, 5.74) is 0.672. The molecule has 0 aliphatic carbocycles. The quantitative estimate of drug-likeness (QED) is 0.853. The number of methoxy groups -OCH3 is 2. The van der Waals surface area contributed by atoms with Gasteiger partial charge in [-0.15, -0.1) is 0 Å². The normalized spacial score (nSPS) is 17.6. The van der Waals surface area contributed by atoms with Crippen molar-refractivity contribution in [3.63, 3.8) is 0 Å². The van der Waals surface area contributed by atoms with Crippen molar-refractivity contribution >= 4 is 17.6 Å². The van der Waals surface area contributed by atoms with Gasteiger partial charge in [-0.2, -0.15) is 0 Å². The van der Waals surface area contributed by atoms with Gasteiger partial charge >= 0.3 is 5.97 Å². The van der Waals surface area contributed by atoms with E-state index in [2.05, 4.69) is 10.2 Å². The summed E-state index contributed by atoms with van der Waals surface area (Å²) in [6.07, 6.45) is 0. The lowest BCUT2D eigenvalue weighted by Crippen LogP contribution is -2.47. The largest absolute Gasteiger partial charge is 0.496 e. The number of hydrogen-bond acceptors (Lipinski definition) is 5. The van der Waals surface area contributed by atoms with Crippen LogP contribution in [0.4, 0.5) is 0 Å². The van der Waals surface area contributed by atoms with Crippen molar-refractivity contribution in [1.29, 1.82) is 0 Å². The maximum atomic E-state index is 12.2. The fraction of sp³-hybridized carbons (Fsp3) is 0.500. The zero-order chi connectivity index (χ0) is 14.5. The van der Waals surface area contributed by atoms with E-state index in [4.69, 9.17) is 21.1 Å². The molecule has 1 aromatic rings. The van der Waals surface area contributed by atoms with Crippen LogP contribution in [-0.2, 0) is 9.53 Å². The Morgan fingerprint density at radius 2 is 2.05 bits per heavy atom. The van der Waals surface area contributed by atoms with Crippen molar-refractivity contribution in [2.45, 2.75) is 6.04 Å². The summed E-state index contributed by atoms with van der Waals surface area (Å²) in [4.78, 5) is 14.3. The van der Waals surface area contributed by atoms with Crippen LogP contribution in [0.1, 0.15) is 11.6 Å². The van der Waals surface area contributed by atoms with Crippen molar-refractivity contribution in [1.82, 2.24) is 10.2 Å². The van der Waals surface area contributed by atoms with Crippen molar-refractivity contribution in [2.75, 3.05) is 40.4 Å². The first kappa shape index (κ1) is 15.1. The van der Waals surface area contributed by atoms with Crippen molar-refractivity contribution < 1.29 is 14.3 Å². The molecule has 1 aliphatic rings. The Balaban J connectivity index is 2.43. The van der Waals surface area contributed by atoms with Gasteiger partial charge in [0.2, 0.25) is 0 Å². The molecule has 1 saturated heterocycles. The molecule has 1 atom stereocenters.